The first-order valence-corrected chi connectivity index (χ1v) is 22.0. The Kier molecular flexibility index (Phi) is 11.6. The van der Waals surface area contributed by atoms with Crippen LogP contribution in [0.25, 0.3) is 10.8 Å². The molecule has 0 unspecified atom stereocenters. The lowest BCUT2D eigenvalue weighted by molar-refractivity contribution is -0.257. The van der Waals surface area contributed by atoms with Gasteiger partial charge >= 0.3 is 12.1 Å². The molecular formula is C43H55F4N3O9S. The average molecular weight is 869 g/mol. The van der Waals surface area contributed by atoms with Crippen LogP contribution in [-0.2, 0) is 33.9 Å². The molecule has 17 heteroatoms. The number of hydrogen-bond acceptors (Lipinski definition) is 10. The molecule has 1 N–H and O–H groups in total. The molecule has 330 valence electrons. The van der Waals surface area contributed by atoms with Crippen molar-refractivity contribution in [1.29, 1.82) is 0 Å². The number of nitrogens with zero attached hydrogens (tertiary/aromatic N) is 2. The highest BCUT2D eigenvalue weighted by atomic mass is 32.2. The minimum Gasteiger partial charge on any atom is -0.491 e. The van der Waals surface area contributed by atoms with Crippen molar-refractivity contribution in [3.8, 4) is 11.6 Å². The number of pyridine rings is 1. The predicted molar refractivity (Wildman–Crippen MR) is 213 cm³/mol. The first-order chi connectivity index (χ1) is 29.3. The number of benzene rings is 1. The van der Waals surface area contributed by atoms with E-state index in [0.717, 1.165) is 0 Å². The molecule has 1 aromatic heterocycles. The van der Waals surface area contributed by atoms with Crippen LogP contribution in [0.1, 0.15) is 110 Å². The van der Waals surface area contributed by atoms with Crippen molar-refractivity contribution in [1.82, 2.24) is 14.6 Å². The molecular weight excluding hydrogens is 811 g/mol. The summed E-state index contributed by atoms with van der Waals surface area (Å²) in [6.45, 7) is 3.82. The zero-order chi connectivity index (χ0) is 46.5. The van der Waals surface area contributed by atoms with Crippen molar-refractivity contribution in [2.45, 2.75) is 134 Å². The largest absolute Gasteiger partial charge is 0.491 e. The van der Waals surface area contributed by atoms with E-state index in [1.54, 1.807) is 26.0 Å². The molecule has 0 spiro atoms. The van der Waals surface area contributed by atoms with Gasteiger partial charge in [0.05, 0.1) is 41.7 Å². The van der Waals surface area contributed by atoms with Crippen LogP contribution in [0.15, 0.2) is 36.5 Å². The van der Waals surface area contributed by atoms with Gasteiger partial charge < -0.3 is 19.1 Å². The Balaban J connectivity index is 1.38. The third-order valence-electron chi connectivity index (χ3n) is 12.5. The van der Waals surface area contributed by atoms with Crippen LogP contribution >= 0.6 is 0 Å². The maximum absolute atomic E-state index is 15.1. The number of hydrogen-bond donors (Lipinski definition) is 1. The summed E-state index contributed by atoms with van der Waals surface area (Å²) >= 11 is 0. The summed E-state index contributed by atoms with van der Waals surface area (Å²) in [5.41, 5.74) is -4.50. The van der Waals surface area contributed by atoms with E-state index < -0.39 is 111 Å². The van der Waals surface area contributed by atoms with Gasteiger partial charge in [0, 0.05) is 28.5 Å². The Hall–Kier alpha value is -4.28. The smallest absolute Gasteiger partial charge is 0.427 e. The van der Waals surface area contributed by atoms with Crippen molar-refractivity contribution >= 4 is 44.4 Å². The molecule has 12 nitrogen and oxygen atoms in total. The van der Waals surface area contributed by atoms with Gasteiger partial charge in [0.1, 0.15) is 6.10 Å². The van der Waals surface area contributed by atoms with Gasteiger partial charge in [0.15, 0.2) is 17.3 Å². The number of ether oxygens (including phenoxy) is 3. The first-order valence-electron chi connectivity index (χ1n) is 22.0. The Morgan fingerprint density at radius 3 is 2.52 bits per heavy atom. The summed E-state index contributed by atoms with van der Waals surface area (Å²) < 4.78 is 124. The van der Waals surface area contributed by atoms with E-state index in [4.69, 9.17) is 18.3 Å². The standard InChI is InChI=1S/C43H55F4N3O9S/c1-7-26-17-25(3)11-9-10-12-28-22-42(28,39(54)49-60(55,56)41(6)14-15-41)23-34(51)33-19-29(58-37-30-20-32(44)35(57-8-2)18-27(30)13-16-48-37)24-50(33)38(53)31(26)21-36(52)59-40(4,5)43(45,46)47/h10,12-13,16,18,20,25-26,28-29,31,33H,7-9,11,14-15,17,19,21-24H2,1-6H3,(H,49,54)/b12-10-/t25-,26-,28-,29-,31+,33+,42-/m1/s1/i6D3. The predicted octanol–water partition coefficient (Wildman–Crippen LogP) is 7.38. The highest BCUT2D eigenvalue weighted by Crippen LogP contribution is 2.58. The van der Waals surface area contributed by atoms with Crippen molar-refractivity contribution in [3.63, 3.8) is 0 Å². The number of esters is 1. The quantitative estimate of drug-likeness (QED) is 0.137. The molecule has 3 fully saturated rings. The molecule has 7 atom stereocenters. The van der Waals surface area contributed by atoms with E-state index in [0.29, 0.717) is 44.9 Å². The number of nitrogens with one attached hydrogen (secondary N) is 1. The van der Waals surface area contributed by atoms with E-state index in [2.05, 4.69) is 4.98 Å². The summed E-state index contributed by atoms with van der Waals surface area (Å²) in [6.07, 6.45) is -0.953. The van der Waals surface area contributed by atoms with Crippen molar-refractivity contribution < 1.29 is 63.5 Å². The molecule has 1 saturated heterocycles. The molecule has 3 heterocycles. The normalized spacial score (nSPS) is 30.0. The Labute approximate surface area is 352 Å². The number of sulfonamides is 1. The number of carbonyl (C=O) groups is 4. The van der Waals surface area contributed by atoms with Crippen molar-refractivity contribution in [2.75, 3.05) is 13.2 Å². The van der Waals surface area contributed by atoms with Gasteiger partial charge in [0.2, 0.25) is 33.3 Å². The van der Waals surface area contributed by atoms with Gasteiger partial charge in [-0.3, -0.25) is 23.9 Å². The molecule has 2 aliphatic carbocycles. The molecule has 1 aromatic carbocycles. The molecule has 0 bridgehead atoms. The topological polar surface area (TPSA) is 158 Å². The number of ketones is 1. The number of aromatic nitrogens is 1. The lowest BCUT2D eigenvalue weighted by atomic mass is 9.79. The maximum atomic E-state index is 15.1. The van der Waals surface area contributed by atoms with Crippen LogP contribution in [0.3, 0.4) is 0 Å². The first kappa shape index (κ1) is 41.1. The van der Waals surface area contributed by atoms with E-state index in [9.17, 15) is 36.0 Å². The lowest BCUT2D eigenvalue weighted by Gasteiger charge is -2.34. The Bertz CT molecular complexity index is 2250. The monoisotopic (exact) mass is 868 g/mol. The number of rotatable bonds is 11. The number of allylic oxidation sites excluding steroid dienone is 2. The van der Waals surface area contributed by atoms with E-state index >= 15 is 9.18 Å². The average Bonchev–Trinajstić information content (AvgIpc) is 4.09. The number of carbonyl (C=O) groups excluding carboxylic acids is 4. The maximum Gasteiger partial charge on any atom is 0.427 e. The Morgan fingerprint density at radius 2 is 1.87 bits per heavy atom. The van der Waals surface area contributed by atoms with Crippen LogP contribution in [0.5, 0.6) is 11.6 Å². The zero-order valence-electron chi connectivity index (χ0n) is 37.4. The molecule has 2 saturated carbocycles. The third-order valence-corrected chi connectivity index (χ3v) is 14.4. The number of amides is 2. The number of alkyl halides is 3. The van der Waals surface area contributed by atoms with Crippen LogP contribution in [0, 0.1) is 34.9 Å². The van der Waals surface area contributed by atoms with Gasteiger partial charge in [-0.2, -0.15) is 13.2 Å². The summed E-state index contributed by atoms with van der Waals surface area (Å²) in [4.78, 5) is 62.8. The van der Waals surface area contributed by atoms with E-state index in [1.807, 2.05) is 17.7 Å². The van der Waals surface area contributed by atoms with Crippen LogP contribution < -0.4 is 14.2 Å². The number of fused-ring (bicyclic) bond motifs is 3. The molecule has 60 heavy (non-hydrogen) atoms. The fourth-order valence-electron chi connectivity index (χ4n) is 8.48. The van der Waals surface area contributed by atoms with Crippen LogP contribution in [0.2, 0.25) is 0 Å². The van der Waals surface area contributed by atoms with Gasteiger partial charge in [0.25, 0.3) is 0 Å². The fourth-order valence-corrected chi connectivity index (χ4v) is 9.77. The highest BCUT2D eigenvalue weighted by molar-refractivity contribution is 7.91. The van der Waals surface area contributed by atoms with Crippen LogP contribution in [-0.4, -0.2) is 83.7 Å². The SMILES string of the molecule is [2H]C([2H])([2H])C1(S(=O)(=O)NC(=O)[C@]23CC(=O)[C@@H]4C[C@@H](Oc5nccc6cc(OCC)c(F)cc56)CN4C(=O)[C@@H](CC(=O)OC(C)(C)C(F)(F)F)[C@H](CC)C[C@H](C)CC/C=C\[C@@H]2C3)CC1. The minimum atomic E-state index is -4.92. The second kappa shape index (κ2) is 16.9. The summed E-state index contributed by atoms with van der Waals surface area (Å²) in [5, 5.41) is 0.760. The van der Waals surface area contributed by atoms with E-state index in [-0.39, 0.29) is 61.8 Å². The second-order valence-corrected chi connectivity index (χ2v) is 19.4. The molecule has 2 aliphatic heterocycles. The minimum absolute atomic E-state index is 0.00204. The number of Topliss-reactive ketones (excluding diaryl/α,β-unsaturated/α-hetero) is 1. The van der Waals surface area contributed by atoms with Gasteiger partial charge in [-0.25, -0.2) is 17.8 Å². The zero-order valence-corrected chi connectivity index (χ0v) is 35.2. The molecule has 6 rings (SSSR count). The third kappa shape index (κ3) is 9.30. The van der Waals surface area contributed by atoms with Gasteiger partial charge in [-0.05, 0) is 107 Å². The van der Waals surface area contributed by atoms with Crippen molar-refractivity contribution in [3.05, 3.63) is 42.4 Å². The number of halogens is 4. The van der Waals surface area contributed by atoms with Crippen LogP contribution in [0.4, 0.5) is 17.6 Å². The molecule has 2 aromatic rings. The molecule has 4 aliphatic rings. The summed E-state index contributed by atoms with van der Waals surface area (Å²) in [7, 11) is -4.74. The highest BCUT2D eigenvalue weighted by Gasteiger charge is 2.63. The summed E-state index contributed by atoms with van der Waals surface area (Å²) in [5.74, 6) is -6.92. The van der Waals surface area contributed by atoms with Gasteiger partial charge in [-0.1, -0.05) is 32.4 Å². The van der Waals surface area contributed by atoms with Gasteiger partial charge in [-0.15, -0.1) is 0 Å². The molecule has 0 radical (unpaired) electrons. The fraction of sp³-hybridized carbons (Fsp3) is 0.651. The lowest BCUT2D eigenvalue weighted by Crippen LogP contribution is -2.49. The summed E-state index contributed by atoms with van der Waals surface area (Å²) in [6, 6.07) is 2.92. The second-order valence-electron chi connectivity index (χ2n) is 17.4. The van der Waals surface area contributed by atoms with E-state index in [1.165, 1.54) is 23.2 Å². The van der Waals surface area contributed by atoms with Crippen molar-refractivity contribution in [2.24, 2.45) is 29.1 Å². The molecule has 2 amide bonds. The Morgan fingerprint density at radius 1 is 1.13 bits per heavy atom.